The molecule has 0 heterocycles. The summed E-state index contributed by atoms with van der Waals surface area (Å²) in [5.74, 6) is 0. The summed E-state index contributed by atoms with van der Waals surface area (Å²) in [5, 5.41) is 0. The van der Waals surface area contributed by atoms with Crippen LogP contribution in [0.2, 0.25) is 0 Å². The van der Waals surface area contributed by atoms with Crippen molar-refractivity contribution in [2.75, 3.05) is 25.7 Å². The predicted molar refractivity (Wildman–Crippen MR) is 180 cm³/mol. The molecular formula is C34H68O6S2. The summed E-state index contributed by atoms with van der Waals surface area (Å²) in [4.78, 5) is 0. The topological polar surface area (TPSA) is 86.7 Å². The molecule has 0 fully saturated rings. The molecule has 0 atom stereocenters. The summed E-state index contributed by atoms with van der Waals surface area (Å²) < 4.78 is 57.4. The maximum atomic E-state index is 11.8. The zero-order chi connectivity index (χ0) is 31.4. The number of hydrogen-bond donors (Lipinski definition) is 0. The van der Waals surface area contributed by atoms with Gasteiger partial charge < -0.3 is 0 Å². The fourth-order valence-corrected chi connectivity index (χ4v) is 6.13. The summed E-state index contributed by atoms with van der Waals surface area (Å²) >= 11 is 0. The summed E-state index contributed by atoms with van der Waals surface area (Å²) in [7, 11) is -7.18. The van der Waals surface area contributed by atoms with Gasteiger partial charge in [-0.05, 0) is 36.8 Å². The average Bonchev–Trinajstić information content (AvgIpc) is 2.92. The molecule has 0 radical (unpaired) electrons. The first-order valence-electron chi connectivity index (χ1n) is 17.5. The molecule has 0 aliphatic carbocycles. The van der Waals surface area contributed by atoms with E-state index in [2.05, 4.69) is 13.8 Å². The summed E-state index contributed by atoms with van der Waals surface area (Å²) in [6.45, 7) is 4.47. The second kappa shape index (κ2) is 28.1. The highest BCUT2D eigenvalue weighted by atomic mass is 32.2. The summed E-state index contributed by atoms with van der Waals surface area (Å²) in [5.41, 5.74) is 1.78. The van der Waals surface area contributed by atoms with Crippen molar-refractivity contribution in [1.82, 2.24) is 0 Å². The van der Waals surface area contributed by atoms with Gasteiger partial charge in [0.2, 0.25) is 0 Å². The van der Waals surface area contributed by atoms with Gasteiger partial charge in [0.25, 0.3) is 20.2 Å². The average molecular weight is 637 g/mol. The van der Waals surface area contributed by atoms with E-state index < -0.39 is 20.2 Å². The molecule has 0 amide bonds. The van der Waals surface area contributed by atoms with E-state index in [1.165, 1.54) is 128 Å². The Balaban J connectivity index is 4.66. The van der Waals surface area contributed by atoms with Gasteiger partial charge in [-0.15, -0.1) is 0 Å². The first kappa shape index (κ1) is 41.6. The molecule has 0 aliphatic rings. The van der Waals surface area contributed by atoms with Crippen LogP contribution in [-0.4, -0.2) is 42.6 Å². The SMILES string of the molecule is CCCCCCCCCCCCCCC(COS(C)(=O)=O)=C(CCCCCCCCCCCCCC)COS(C)(=O)=O. The molecule has 0 bridgehead atoms. The lowest BCUT2D eigenvalue weighted by molar-refractivity contribution is 0.326. The standard InChI is InChI=1S/C34H68O6S2/c1-5-7-9-11-13-15-17-19-21-23-25-27-29-33(31-39-41(3,35)36)34(32-40-42(4,37)38)30-28-26-24-22-20-18-16-14-12-10-8-6-2/h5-32H2,1-4H3. The zero-order valence-electron chi connectivity index (χ0n) is 28.1. The van der Waals surface area contributed by atoms with Crippen molar-refractivity contribution >= 4 is 20.2 Å². The van der Waals surface area contributed by atoms with Crippen LogP contribution < -0.4 is 0 Å². The second-order valence-corrected chi connectivity index (χ2v) is 15.7. The predicted octanol–water partition coefficient (Wildman–Crippen LogP) is 10.4. The highest BCUT2D eigenvalue weighted by molar-refractivity contribution is 7.86. The molecular weight excluding hydrogens is 569 g/mol. The van der Waals surface area contributed by atoms with E-state index >= 15 is 0 Å². The number of hydrogen-bond acceptors (Lipinski definition) is 6. The molecule has 0 unspecified atom stereocenters. The molecule has 0 spiro atoms. The van der Waals surface area contributed by atoms with Gasteiger partial charge in [0.05, 0.1) is 25.7 Å². The minimum absolute atomic E-state index is 0.0163. The van der Waals surface area contributed by atoms with E-state index in [9.17, 15) is 16.8 Å². The minimum Gasteiger partial charge on any atom is -0.266 e. The van der Waals surface area contributed by atoms with Gasteiger partial charge in [-0.25, -0.2) is 0 Å². The molecule has 0 aromatic heterocycles. The van der Waals surface area contributed by atoms with Crippen molar-refractivity contribution < 1.29 is 25.2 Å². The maximum Gasteiger partial charge on any atom is 0.264 e. The normalized spacial score (nSPS) is 13.0. The zero-order valence-corrected chi connectivity index (χ0v) is 29.7. The van der Waals surface area contributed by atoms with Crippen molar-refractivity contribution in [2.45, 2.75) is 181 Å². The molecule has 252 valence electrons. The molecule has 0 rings (SSSR count). The molecule has 42 heavy (non-hydrogen) atoms. The van der Waals surface area contributed by atoms with Crippen LogP contribution in [0.1, 0.15) is 181 Å². The van der Waals surface area contributed by atoms with E-state index in [1.807, 2.05) is 0 Å². The Morgan fingerprint density at radius 3 is 0.810 bits per heavy atom. The fraction of sp³-hybridized carbons (Fsp3) is 0.941. The van der Waals surface area contributed by atoms with Gasteiger partial charge in [-0.2, -0.15) is 16.8 Å². The van der Waals surface area contributed by atoms with Crippen LogP contribution in [0.5, 0.6) is 0 Å². The Kier molecular flexibility index (Phi) is 27.8. The smallest absolute Gasteiger partial charge is 0.264 e. The molecule has 0 aromatic rings. The molecule has 0 saturated carbocycles. The van der Waals surface area contributed by atoms with E-state index in [1.54, 1.807) is 0 Å². The number of unbranched alkanes of at least 4 members (excludes halogenated alkanes) is 22. The molecule has 0 saturated heterocycles. The van der Waals surface area contributed by atoms with Crippen LogP contribution in [0.15, 0.2) is 11.1 Å². The monoisotopic (exact) mass is 636 g/mol. The lowest BCUT2D eigenvalue weighted by Gasteiger charge is -2.16. The van der Waals surface area contributed by atoms with Crippen LogP contribution in [0.4, 0.5) is 0 Å². The minimum atomic E-state index is -3.59. The molecule has 6 nitrogen and oxygen atoms in total. The van der Waals surface area contributed by atoms with Crippen LogP contribution in [-0.2, 0) is 28.6 Å². The van der Waals surface area contributed by atoms with Crippen molar-refractivity contribution in [3.8, 4) is 0 Å². The van der Waals surface area contributed by atoms with E-state index in [4.69, 9.17) is 8.37 Å². The third-order valence-electron chi connectivity index (χ3n) is 8.06. The number of rotatable bonds is 32. The van der Waals surface area contributed by atoms with Crippen molar-refractivity contribution in [3.63, 3.8) is 0 Å². The van der Waals surface area contributed by atoms with Gasteiger partial charge in [-0.3, -0.25) is 8.37 Å². The van der Waals surface area contributed by atoms with Crippen LogP contribution in [0, 0.1) is 0 Å². The molecule has 8 heteroatoms. The Labute approximate surface area is 262 Å². The Bertz CT molecular complexity index is 779. The Morgan fingerprint density at radius 2 is 0.595 bits per heavy atom. The van der Waals surface area contributed by atoms with Crippen LogP contribution >= 0.6 is 0 Å². The summed E-state index contributed by atoms with van der Waals surface area (Å²) in [6.07, 6.45) is 33.7. The largest absolute Gasteiger partial charge is 0.266 e. The van der Waals surface area contributed by atoms with E-state index in [-0.39, 0.29) is 13.2 Å². The fourth-order valence-electron chi connectivity index (χ4n) is 5.42. The maximum absolute atomic E-state index is 11.8. The van der Waals surface area contributed by atoms with Crippen molar-refractivity contribution in [3.05, 3.63) is 11.1 Å². The first-order chi connectivity index (χ1) is 20.1. The molecule has 0 aliphatic heterocycles. The Hall–Kier alpha value is -0.440. The Morgan fingerprint density at radius 1 is 0.381 bits per heavy atom. The van der Waals surface area contributed by atoms with Gasteiger partial charge >= 0.3 is 0 Å². The molecule has 0 aromatic carbocycles. The van der Waals surface area contributed by atoms with Gasteiger partial charge in [-0.1, -0.05) is 155 Å². The summed E-state index contributed by atoms with van der Waals surface area (Å²) in [6, 6.07) is 0. The first-order valence-corrected chi connectivity index (χ1v) is 21.1. The second-order valence-electron chi connectivity index (χ2n) is 12.4. The van der Waals surface area contributed by atoms with Crippen molar-refractivity contribution in [2.24, 2.45) is 0 Å². The third-order valence-corrected chi connectivity index (χ3v) is 9.15. The lowest BCUT2D eigenvalue weighted by atomic mass is 9.97. The molecule has 0 N–H and O–H groups in total. The highest BCUT2D eigenvalue weighted by Crippen LogP contribution is 2.23. The van der Waals surface area contributed by atoms with E-state index in [0.717, 1.165) is 49.3 Å². The third kappa shape index (κ3) is 31.0. The van der Waals surface area contributed by atoms with Crippen LogP contribution in [0.25, 0.3) is 0 Å². The van der Waals surface area contributed by atoms with Gasteiger partial charge in [0.1, 0.15) is 0 Å². The van der Waals surface area contributed by atoms with E-state index in [0.29, 0.717) is 12.8 Å². The lowest BCUT2D eigenvalue weighted by Crippen LogP contribution is -2.13. The highest BCUT2D eigenvalue weighted by Gasteiger charge is 2.14. The van der Waals surface area contributed by atoms with Crippen molar-refractivity contribution in [1.29, 1.82) is 0 Å². The van der Waals surface area contributed by atoms with Gasteiger partial charge in [0, 0.05) is 0 Å². The van der Waals surface area contributed by atoms with Crippen LogP contribution in [0.3, 0.4) is 0 Å². The quantitative estimate of drug-likeness (QED) is 0.0415. The van der Waals surface area contributed by atoms with Gasteiger partial charge in [0.15, 0.2) is 0 Å².